The first kappa shape index (κ1) is 25.3. The summed E-state index contributed by atoms with van der Waals surface area (Å²) in [7, 11) is 0. The van der Waals surface area contributed by atoms with Gasteiger partial charge in [0.2, 0.25) is 5.91 Å². The van der Waals surface area contributed by atoms with Crippen molar-refractivity contribution in [3.63, 3.8) is 0 Å². The summed E-state index contributed by atoms with van der Waals surface area (Å²) in [6.07, 6.45) is 1.29. The van der Waals surface area contributed by atoms with Crippen molar-refractivity contribution in [3.05, 3.63) is 47.3 Å². The number of nitrogens with two attached hydrogens (primary N) is 1. The fourth-order valence-electron chi connectivity index (χ4n) is 3.53. The molecule has 11 nitrogen and oxygen atoms in total. The molecular formula is C24H30N6O5. The van der Waals surface area contributed by atoms with Gasteiger partial charge in [-0.05, 0) is 63.1 Å². The molecule has 3 rings (SSSR count). The van der Waals surface area contributed by atoms with Crippen LogP contribution in [0.1, 0.15) is 50.9 Å². The molecule has 7 N–H and O–H groups in total. The predicted octanol–water partition coefficient (Wildman–Crippen LogP) is 2.92. The number of hydrogen-bond acceptors (Lipinski definition) is 5. The fraction of sp³-hybridized carbons (Fsp3) is 0.333. The lowest BCUT2D eigenvalue weighted by Gasteiger charge is -2.19. The Hall–Kier alpha value is -4.28. The molecule has 1 aliphatic rings. The monoisotopic (exact) mass is 482 g/mol. The molecule has 2 aromatic rings. The van der Waals surface area contributed by atoms with Crippen LogP contribution in [0.4, 0.5) is 21.0 Å². The maximum atomic E-state index is 12.6. The van der Waals surface area contributed by atoms with E-state index in [0.717, 1.165) is 5.56 Å². The molecule has 0 bridgehead atoms. The van der Waals surface area contributed by atoms with Gasteiger partial charge in [-0.3, -0.25) is 9.59 Å². The smallest absolute Gasteiger partial charge is 0.407 e. The van der Waals surface area contributed by atoms with Crippen molar-refractivity contribution in [1.29, 1.82) is 0 Å². The van der Waals surface area contributed by atoms with Crippen LogP contribution in [-0.4, -0.2) is 41.1 Å². The fourth-order valence-corrected chi connectivity index (χ4v) is 3.53. The zero-order valence-corrected chi connectivity index (χ0v) is 20.1. The number of carbonyl (C=O) groups is 4. The Labute approximate surface area is 202 Å². The Morgan fingerprint density at radius 2 is 1.86 bits per heavy atom. The Kier molecular flexibility index (Phi) is 7.48. The average molecular weight is 483 g/mol. The highest BCUT2D eigenvalue weighted by Gasteiger charge is 2.27. The van der Waals surface area contributed by atoms with Crippen LogP contribution in [0.2, 0.25) is 0 Å². The van der Waals surface area contributed by atoms with Gasteiger partial charge in [0.25, 0.3) is 5.91 Å². The van der Waals surface area contributed by atoms with Crippen LogP contribution in [0.3, 0.4) is 0 Å². The Balaban J connectivity index is 1.61. The minimum absolute atomic E-state index is 0.109. The first-order valence-electron chi connectivity index (χ1n) is 11.1. The second kappa shape index (κ2) is 10.3. The zero-order valence-electron chi connectivity index (χ0n) is 20.1. The molecule has 0 saturated carbocycles. The van der Waals surface area contributed by atoms with Crippen molar-refractivity contribution in [2.45, 2.75) is 46.3 Å². The third kappa shape index (κ3) is 6.85. The topological polar surface area (TPSA) is 167 Å². The molecule has 1 aliphatic heterocycles. The van der Waals surface area contributed by atoms with E-state index in [-0.39, 0.29) is 31.3 Å². The van der Waals surface area contributed by atoms with E-state index in [1.807, 2.05) is 13.0 Å². The molecule has 5 amide bonds. The van der Waals surface area contributed by atoms with E-state index in [4.69, 9.17) is 10.5 Å². The van der Waals surface area contributed by atoms with Crippen LogP contribution in [0, 0.1) is 0 Å². The Morgan fingerprint density at radius 1 is 1.11 bits per heavy atom. The van der Waals surface area contributed by atoms with Crippen molar-refractivity contribution in [2.75, 3.05) is 17.2 Å². The number of hydrogen-bond donors (Lipinski definition) is 6. The van der Waals surface area contributed by atoms with E-state index in [2.05, 4.69) is 26.3 Å². The number of anilines is 2. The highest BCUT2D eigenvalue weighted by atomic mass is 16.6. The second-order valence-electron chi connectivity index (χ2n) is 9.08. The maximum Gasteiger partial charge on any atom is 0.407 e. The third-order valence-electron chi connectivity index (χ3n) is 5.06. The average Bonchev–Trinajstić information content (AvgIpc) is 3.33. The van der Waals surface area contributed by atoms with Gasteiger partial charge in [-0.1, -0.05) is 0 Å². The van der Waals surface area contributed by atoms with Gasteiger partial charge in [0.1, 0.15) is 5.60 Å². The summed E-state index contributed by atoms with van der Waals surface area (Å²) in [4.78, 5) is 50.7. The minimum Gasteiger partial charge on any atom is -0.444 e. The lowest BCUT2D eigenvalue weighted by Crippen LogP contribution is -2.35. The number of allylic oxidation sites excluding steroid dienone is 1. The van der Waals surface area contributed by atoms with Gasteiger partial charge in [-0.25, -0.2) is 9.59 Å². The van der Waals surface area contributed by atoms with Gasteiger partial charge >= 0.3 is 12.1 Å². The highest BCUT2D eigenvalue weighted by Crippen LogP contribution is 2.38. The maximum absolute atomic E-state index is 12.6. The van der Waals surface area contributed by atoms with Crippen molar-refractivity contribution in [1.82, 2.24) is 15.6 Å². The number of nitrogens with one attached hydrogen (secondary N) is 5. The summed E-state index contributed by atoms with van der Waals surface area (Å²) in [5, 5.41) is 10.7. The molecule has 0 saturated heterocycles. The SMILES string of the molecule is CC(=C1C(=O)Nc2ccc(NC(N)=O)cc21)c1cc(CNC(=O)CCNC(=O)OC(C)(C)C)c[nH]1. The molecule has 0 atom stereocenters. The van der Waals surface area contributed by atoms with Gasteiger partial charge in [-0.15, -0.1) is 0 Å². The van der Waals surface area contributed by atoms with E-state index in [1.165, 1.54) is 0 Å². The normalized spacial score (nSPS) is 14.0. The first-order chi connectivity index (χ1) is 16.4. The first-order valence-corrected chi connectivity index (χ1v) is 11.1. The molecule has 2 heterocycles. The Bertz CT molecular complexity index is 1190. The van der Waals surface area contributed by atoms with Crippen LogP contribution < -0.4 is 27.0 Å². The molecular weight excluding hydrogens is 452 g/mol. The summed E-state index contributed by atoms with van der Waals surface area (Å²) in [5.74, 6) is -0.479. The molecule has 11 heteroatoms. The van der Waals surface area contributed by atoms with E-state index < -0.39 is 17.7 Å². The summed E-state index contributed by atoms with van der Waals surface area (Å²) in [6.45, 7) is 7.54. The van der Waals surface area contributed by atoms with Crippen molar-refractivity contribution in [3.8, 4) is 0 Å². The molecule has 0 spiro atoms. The number of rotatable bonds is 7. The predicted molar refractivity (Wildman–Crippen MR) is 132 cm³/mol. The highest BCUT2D eigenvalue weighted by molar-refractivity contribution is 6.36. The quantitative estimate of drug-likeness (QED) is 0.333. The number of primary amides is 1. The van der Waals surface area contributed by atoms with Gasteiger partial charge in [-0.2, -0.15) is 0 Å². The molecule has 1 aromatic heterocycles. The van der Waals surface area contributed by atoms with Gasteiger partial charge in [0.15, 0.2) is 0 Å². The Morgan fingerprint density at radius 3 is 2.54 bits per heavy atom. The van der Waals surface area contributed by atoms with E-state index in [0.29, 0.717) is 33.8 Å². The largest absolute Gasteiger partial charge is 0.444 e. The number of aromatic amines is 1. The minimum atomic E-state index is -0.693. The lowest BCUT2D eigenvalue weighted by atomic mass is 9.99. The number of benzene rings is 1. The molecule has 0 fully saturated rings. The van der Waals surface area contributed by atoms with Gasteiger partial charge < -0.3 is 36.7 Å². The summed E-state index contributed by atoms with van der Waals surface area (Å²) < 4.78 is 5.13. The van der Waals surface area contributed by atoms with Crippen molar-refractivity contribution in [2.24, 2.45) is 5.73 Å². The number of amides is 5. The molecule has 0 radical (unpaired) electrons. The molecule has 186 valence electrons. The summed E-state index contributed by atoms with van der Waals surface area (Å²) in [6, 6.07) is 6.19. The number of carbonyl (C=O) groups excluding carboxylic acids is 4. The van der Waals surface area contributed by atoms with E-state index in [9.17, 15) is 19.2 Å². The van der Waals surface area contributed by atoms with Crippen LogP contribution in [0.15, 0.2) is 30.5 Å². The summed E-state index contributed by atoms with van der Waals surface area (Å²) in [5.41, 5.74) is 9.07. The molecule has 1 aromatic carbocycles. The van der Waals surface area contributed by atoms with Crippen LogP contribution >= 0.6 is 0 Å². The van der Waals surface area contributed by atoms with Gasteiger partial charge in [0, 0.05) is 48.3 Å². The van der Waals surface area contributed by atoms with E-state index in [1.54, 1.807) is 45.2 Å². The van der Waals surface area contributed by atoms with Gasteiger partial charge in [0.05, 0.1) is 5.57 Å². The molecule has 0 aliphatic carbocycles. The number of H-pyrrole nitrogens is 1. The van der Waals surface area contributed by atoms with E-state index >= 15 is 0 Å². The number of alkyl carbamates (subject to hydrolysis) is 1. The third-order valence-corrected chi connectivity index (χ3v) is 5.06. The second-order valence-corrected chi connectivity index (χ2v) is 9.08. The van der Waals surface area contributed by atoms with Crippen molar-refractivity contribution >= 4 is 46.5 Å². The number of ether oxygens (including phenoxy) is 1. The van der Waals surface area contributed by atoms with Crippen molar-refractivity contribution < 1.29 is 23.9 Å². The van der Waals surface area contributed by atoms with Crippen LogP contribution in [0.25, 0.3) is 11.1 Å². The number of fused-ring (bicyclic) bond motifs is 1. The number of aromatic nitrogens is 1. The van der Waals surface area contributed by atoms with Crippen LogP contribution in [-0.2, 0) is 20.9 Å². The number of urea groups is 1. The standard InChI is InChI=1S/C24H30N6O5/c1-13(20-16-10-15(29-22(25)33)5-6-17(16)30-21(20)32)18-9-14(11-27-18)12-28-19(31)7-8-26-23(34)35-24(2,3)4/h5-6,9-11,27H,7-8,12H2,1-4H3,(H,26,34)(H,28,31)(H,30,32)(H3,25,29,33). The summed E-state index contributed by atoms with van der Waals surface area (Å²) >= 11 is 0. The lowest BCUT2D eigenvalue weighted by molar-refractivity contribution is -0.121. The van der Waals surface area contributed by atoms with Crippen LogP contribution in [0.5, 0.6) is 0 Å². The molecule has 0 unspecified atom stereocenters. The molecule has 35 heavy (non-hydrogen) atoms. The zero-order chi connectivity index (χ0) is 25.8.